The first-order chi connectivity index (χ1) is 14.2. The number of aromatic nitrogens is 2. The molecule has 0 aliphatic carbocycles. The molecule has 0 spiro atoms. The van der Waals surface area contributed by atoms with Gasteiger partial charge in [-0.2, -0.15) is 4.31 Å². The third kappa shape index (κ3) is 3.48. The molecular weight excluding hydrogens is 404 g/mol. The fourth-order valence-electron chi connectivity index (χ4n) is 3.88. The van der Waals surface area contributed by atoms with E-state index >= 15 is 0 Å². The summed E-state index contributed by atoms with van der Waals surface area (Å²) in [4.78, 5) is 19.5. The molecule has 0 unspecified atom stereocenters. The number of hydrogen-bond acceptors (Lipinski definition) is 6. The van der Waals surface area contributed by atoms with Crippen LogP contribution in [0.25, 0.3) is 10.9 Å². The van der Waals surface area contributed by atoms with E-state index in [1.165, 1.54) is 4.31 Å². The second-order valence-electron chi connectivity index (χ2n) is 7.67. The second kappa shape index (κ2) is 7.48. The molecule has 0 saturated carbocycles. The lowest BCUT2D eigenvalue weighted by Gasteiger charge is -2.34. The van der Waals surface area contributed by atoms with E-state index in [2.05, 4.69) is 10.1 Å². The summed E-state index contributed by atoms with van der Waals surface area (Å²) in [6.07, 6.45) is 0. The normalized spacial score (nSPS) is 15.7. The zero-order valence-electron chi connectivity index (χ0n) is 17.5. The number of pyridine rings is 1. The van der Waals surface area contributed by atoms with Crippen LogP contribution in [0.5, 0.6) is 0 Å². The molecule has 0 N–H and O–H groups in total. The van der Waals surface area contributed by atoms with Gasteiger partial charge in [0, 0.05) is 31.6 Å². The molecule has 8 nitrogen and oxygen atoms in total. The predicted octanol–water partition coefficient (Wildman–Crippen LogP) is 2.60. The van der Waals surface area contributed by atoms with Gasteiger partial charge in [-0.1, -0.05) is 16.8 Å². The van der Waals surface area contributed by atoms with Gasteiger partial charge in [0.2, 0.25) is 10.0 Å². The number of amides is 1. The van der Waals surface area contributed by atoms with E-state index in [1.54, 1.807) is 18.7 Å². The highest BCUT2D eigenvalue weighted by atomic mass is 32.2. The Morgan fingerprint density at radius 2 is 1.70 bits per heavy atom. The standard InChI is InChI=1S/C21H24N4O4S/c1-13-5-6-19-17(11-13)12-18(14(2)22-19)21(26)24-7-9-25(10-8-24)30(27,28)20-15(3)23-29-16(20)4/h5-6,11-12H,7-10H2,1-4H3. The minimum Gasteiger partial charge on any atom is -0.360 e. The van der Waals surface area contributed by atoms with E-state index in [1.807, 2.05) is 38.1 Å². The number of hydrogen-bond donors (Lipinski definition) is 0. The maximum absolute atomic E-state index is 13.1. The van der Waals surface area contributed by atoms with Crippen LogP contribution < -0.4 is 0 Å². The van der Waals surface area contributed by atoms with Gasteiger partial charge in [0.15, 0.2) is 5.76 Å². The van der Waals surface area contributed by atoms with Crippen molar-refractivity contribution in [1.29, 1.82) is 0 Å². The Bertz CT molecular complexity index is 1220. The van der Waals surface area contributed by atoms with E-state index in [0.717, 1.165) is 16.5 Å². The average molecular weight is 429 g/mol. The lowest BCUT2D eigenvalue weighted by molar-refractivity contribution is 0.0696. The van der Waals surface area contributed by atoms with E-state index in [0.29, 0.717) is 30.0 Å². The van der Waals surface area contributed by atoms with Gasteiger partial charge in [0.1, 0.15) is 10.6 Å². The summed E-state index contributed by atoms with van der Waals surface area (Å²) in [5, 5.41) is 4.67. The van der Waals surface area contributed by atoms with Gasteiger partial charge in [-0.15, -0.1) is 0 Å². The highest BCUT2D eigenvalue weighted by Crippen LogP contribution is 2.25. The lowest BCUT2D eigenvalue weighted by atomic mass is 10.1. The molecule has 1 aliphatic rings. The van der Waals surface area contributed by atoms with Gasteiger partial charge >= 0.3 is 0 Å². The SMILES string of the molecule is Cc1ccc2nc(C)c(C(=O)N3CCN(S(=O)(=O)c4c(C)noc4C)CC3)cc2c1. The summed E-state index contributed by atoms with van der Waals surface area (Å²) in [5.41, 5.74) is 3.52. The number of nitrogens with zero attached hydrogens (tertiary/aromatic N) is 4. The van der Waals surface area contributed by atoms with Gasteiger partial charge in [-0.05, 0) is 45.9 Å². The predicted molar refractivity (Wildman–Crippen MR) is 112 cm³/mol. The number of benzene rings is 1. The smallest absolute Gasteiger partial charge is 0.255 e. The van der Waals surface area contributed by atoms with Crippen LogP contribution in [0.1, 0.15) is 33.1 Å². The van der Waals surface area contributed by atoms with Gasteiger partial charge in [0.25, 0.3) is 5.91 Å². The van der Waals surface area contributed by atoms with Crippen molar-refractivity contribution in [1.82, 2.24) is 19.3 Å². The molecule has 1 aromatic carbocycles. The quantitative estimate of drug-likeness (QED) is 0.636. The number of sulfonamides is 1. The van der Waals surface area contributed by atoms with E-state index < -0.39 is 10.0 Å². The molecule has 0 atom stereocenters. The number of carbonyl (C=O) groups excluding carboxylic acids is 1. The topological polar surface area (TPSA) is 96.6 Å². The average Bonchev–Trinajstić information content (AvgIpc) is 3.06. The molecular formula is C21H24N4O4S. The van der Waals surface area contributed by atoms with Gasteiger partial charge in [-0.25, -0.2) is 8.42 Å². The molecule has 4 rings (SSSR count). The minimum absolute atomic E-state index is 0.118. The molecule has 9 heteroatoms. The third-order valence-electron chi connectivity index (χ3n) is 5.48. The number of fused-ring (bicyclic) bond motifs is 1. The molecule has 3 heterocycles. The van der Waals surface area contributed by atoms with Crippen LogP contribution in [0.4, 0.5) is 0 Å². The van der Waals surface area contributed by atoms with Crippen LogP contribution in [0.2, 0.25) is 0 Å². The van der Waals surface area contributed by atoms with E-state index in [-0.39, 0.29) is 29.7 Å². The highest BCUT2D eigenvalue weighted by Gasteiger charge is 2.34. The van der Waals surface area contributed by atoms with Crippen molar-refractivity contribution in [3.63, 3.8) is 0 Å². The highest BCUT2D eigenvalue weighted by molar-refractivity contribution is 7.89. The van der Waals surface area contributed by atoms with Crippen LogP contribution in [-0.2, 0) is 10.0 Å². The molecule has 2 aromatic heterocycles. The maximum Gasteiger partial charge on any atom is 0.255 e. The molecule has 1 saturated heterocycles. The van der Waals surface area contributed by atoms with Crippen molar-refractivity contribution >= 4 is 26.8 Å². The largest absolute Gasteiger partial charge is 0.360 e. The maximum atomic E-state index is 13.1. The van der Waals surface area contributed by atoms with Crippen molar-refractivity contribution < 1.29 is 17.7 Å². The molecule has 0 radical (unpaired) electrons. The molecule has 1 amide bonds. The Labute approximate surface area is 175 Å². The molecule has 0 bridgehead atoms. The van der Waals surface area contributed by atoms with Crippen LogP contribution in [-0.4, -0.2) is 59.8 Å². The monoisotopic (exact) mass is 428 g/mol. The lowest BCUT2D eigenvalue weighted by Crippen LogP contribution is -2.50. The Balaban J connectivity index is 1.54. The summed E-state index contributed by atoms with van der Waals surface area (Å²) in [5.74, 6) is 0.150. The first kappa shape index (κ1) is 20.5. The Hall–Kier alpha value is -2.78. The Kier molecular flexibility index (Phi) is 5.11. The van der Waals surface area contributed by atoms with Crippen LogP contribution in [0.15, 0.2) is 33.7 Å². The van der Waals surface area contributed by atoms with Crippen molar-refractivity contribution in [2.45, 2.75) is 32.6 Å². The zero-order chi connectivity index (χ0) is 21.6. The number of rotatable bonds is 3. The van der Waals surface area contributed by atoms with Crippen molar-refractivity contribution in [2.24, 2.45) is 0 Å². The first-order valence-electron chi connectivity index (χ1n) is 9.79. The van der Waals surface area contributed by atoms with Crippen molar-refractivity contribution in [2.75, 3.05) is 26.2 Å². The van der Waals surface area contributed by atoms with Crippen molar-refractivity contribution in [3.8, 4) is 0 Å². The third-order valence-corrected chi connectivity index (χ3v) is 7.63. The van der Waals surface area contributed by atoms with Crippen molar-refractivity contribution in [3.05, 3.63) is 52.5 Å². The van der Waals surface area contributed by atoms with Gasteiger partial charge in [0.05, 0.1) is 16.8 Å². The minimum atomic E-state index is -3.71. The summed E-state index contributed by atoms with van der Waals surface area (Å²) in [6.45, 7) is 8.09. The summed E-state index contributed by atoms with van der Waals surface area (Å²) < 4.78 is 32.4. The van der Waals surface area contributed by atoms with Gasteiger partial charge < -0.3 is 9.42 Å². The number of piperazine rings is 1. The van der Waals surface area contributed by atoms with E-state index in [9.17, 15) is 13.2 Å². The molecule has 1 aliphatic heterocycles. The summed E-state index contributed by atoms with van der Waals surface area (Å²) in [6, 6.07) is 7.83. The van der Waals surface area contributed by atoms with Crippen LogP contribution in [0.3, 0.4) is 0 Å². The summed E-state index contributed by atoms with van der Waals surface area (Å²) in [7, 11) is -3.71. The van der Waals surface area contributed by atoms with E-state index in [4.69, 9.17) is 4.52 Å². The summed E-state index contributed by atoms with van der Waals surface area (Å²) >= 11 is 0. The molecule has 1 fully saturated rings. The second-order valence-corrected chi connectivity index (χ2v) is 9.54. The van der Waals surface area contributed by atoms with Crippen LogP contribution in [0, 0.1) is 27.7 Å². The Morgan fingerprint density at radius 1 is 1.00 bits per heavy atom. The molecule has 3 aromatic rings. The fourth-order valence-corrected chi connectivity index (χ4v) is 5.60. The van der Waals surface area contributed by atoms with Crippen LogP contribution >= 0.6 is 0 Å². The zero-order valence-corrected chi connectivity index (χ0v) is 18.3. The first-order valence-corrected chi connectivity index (χ1v) is 11.2. The fraction of sp³-hybridized carbons (Fsp3) is 0.381. The number of aryl methyl sites for hydroxylation is 4. The Morgan fingerprint density at radius 3 is 2.33 bits per heavy atom. The molecule has 158 valence electrons. The van der Waals surface area contributed by atoms with Gasteiger partial charge in [-0.3, -0.25) is 9.78 Å². The molecule has 30 heavy (non-hydrogen) atoms. The number of carbonyl (C=O) groups is 1.